The van der Waals surface area contributed by atoms with Crippen molar-refractivity contribution in [1.82, 2.24) is 0 Å². The van der Waals surface area contributed by atoms with Gasteiger partial charge in [-0.05, 0) is 18.6 Å². The summed E-state index contributed by atoms with van der Waals surface area (Å²) in [7, 11) is 0. The van der Waals surface area contributed by atoms with E-state index in [9.17, 15) is 5.11 Å². The van der Waals surface area contributed by atoms with E-state index in [2.05, 4.69) is 30.4 Å². The molecule has 0 saturated heterocycles. The maximum absolute atomic E-state index is 9.73. The Balaban J connectivity index is 2.33. The lowest BCUT2D eigenvalue weighted by Gasteiger charge is -2.16. The summed E-state index contributed by atoms with van der Waals surface area (Å²) < 4.78 is 0. The van der Waals surface area contributed by atoms with Crippen LogP contribution in [0.3, 0.4) is 0 Å². The van der Waals surface area contributed by atoms with E-state index >= 15 is 0 Å². The van der Waals surface area contributed by atoms with Gasteiger partial charge in [0.1, 0.15) is 0 Å². The molecule has 1 aliphatic rings. The number of nitrogens with two attached hydrogens (primary N) is 1. The predicted octanol–water partition coefficient (Wildman–Crippen LogP) is 0.824. The minimum absolute atomic E-state index is 0.148. The molecular formula is C11H16N2O. The third-order valence-electron chi connectivity index (χ3n) is 2.82. The van der Waals surface area contributed by atoms with Gasteiger partial charge in [0.25, 0.3) is 0 Å². The monoisotopic (exact) mass is 192 g/mol. The van der Waals surface area contributed by atoms with E-state index in [0.29, 0.717) is 6.54 Å². The Hall–Kier alpha value is -1.06. The average Bonchev–Trinajstić information content (AvgIpc) is 2.59. The minimum atomic E-state index is -0.439. The fourth-order valence-corrected chi connectivity index (χ4v) is 1.99. The normalized spacial score (nSPS) is 21.5. The zero-order valence-electron chi connectivity index (χ0n) is 8.33. The molecule has 1 aromatic carbocycles. The van der Waals surface area contributed by atoms with Crippen LogP contribution >= 0.6 is 0 Å². The van der Waals surface area contributed by atoms with Gasteiger partial charge in [-0.1, -0.05) is 17.7 Å². The summed E-state index contributed by atoms with van der Waals surface area (Å²) in [4.78, 5) is 0. The highest BCUT2D eigenvalue weighted by molar-refractivity contribution is 5.59. The molecule has 0 fully saturated rings. The van der Waals surface area contributed by atoms with E-state index < -0.39 is 6.10 Å². The summed E-state index contributed by atoms with van der Waals surface area (Å²) in [5.74, 6) is 0.148. The molecular weight excluding hydrogens is 176 g/mol. The molecule has 0 aromatic heterocycles. The molecule has 2 atom stereocenters. The first kappa shape index (κ1) is 9.49. The lowest BCUT2D eigenvalue weighted by molar-refractivity contribution is 0.157. The first-order valence-corrected chi connectivity index (χ1v) is 4.95. The first-order valence-electron chi connectivity index (χ1n) is 4.95. The van der Waals surface area contributed by atoms with Gasteiger partial charge >= 0.3 is 0 Å². The van der Waals surface area contributed by atoms with Gasteiger partial charge in [-0.25, -0.2) is 0 Å². The van der Waals surface area contributed by atoms with Gasteiger partial charge in [-0.2, -0.15) is 0 Å². The van der Waals surface area contributed by atoms with Crippen molar-refractivity contribution in [3.05, 3.63) is 29.3 Å². The standard InChI is InChI=1S/C11H16N2O/c1-7-2-3-10-8(4-7)9(6-13-10)11(14)5-12/h2-4,9,11,13-14H,5-6,12H2,1H3. The van der Waals surface area contributed by atoms with Gasteiger partial charge < -0.3 is 16.2 Å². The van der Waals surface area contributed by atoms with E-state index in [1.54, 1.807) is 0 Å². The maximum atomic E-state index is 9.73. The Kier molecular flexibility index (Phi) is 2.44. The summed E-state index contributed by atoms with van der Waals surface area (Å²) in [5, 5.41) is 13.0. The number of anilines is 1. The fraction of sp³-hybridized carbons (Fsp3) is 0.455. The van der Waals surface area contributed by atoms with E-state index in [1.165, 1.54) is 11.1 Å². The number of hydrogen-bond acceptors (Lipinski definition) is 3. The molecule has 3 heteroatoms. The van der Waals surface area contributed by atoms with E-state index in [4.69, 9.17) is 5.73 Å². The van der Waals surface area contributed by atoms with Crippen LogP contribution in [0, 0.1) is 6.92 Å². The molecule has 0 bridgehead atoms. The summed E-state index contributed by atoms with van der Waals surface area (Å²) >= 11 is 0. The number of rotatable bonds is 2. The quantitative estimate of drug-likeness (QED) is 0.650. The van der Waals surface area contributed by atoms with Crippen LogP contribution in [0.1, 0.15) is 17.0 Å². The summed E-state index contributed by atoms with van der Waals surface area (Å²) in [5.41, 5.74) is 9.02. The molecule has 0 saturated carbocycles. The van der Waals surface area contributed by atoms with Crippen LogP contribution in [0.4, 0.5) is 5.69 Å². The highest BCUT2D eigenvalue weighted by Crippen LogP contribution is 2.33. The van der Waals surface area contributed by atoms with Crippen molar-refractivity contribution < 1.29 is 5.11 Å². The van der Waals surface area contributed by atoms with Crippen LogP contribution in [-0.4, -0.2) is 24.3 Å². The second kappa shape index (κ2) is 3.59. The molecule has 1 heterocycles. The van der Waals surface area contributed by atoms with Crippen molar-refractivity contribution in [2.75, 3.05) is 18.4 Å². The lowest BCUT2D eigenvalue weighted by atomic mass is 9.94. The highest BCUT2D eigenvalue weighted by atomic mass is 16.3. The molecule has 1 aromatic rings. The second-order valence-electron chi connectivity index (χ2n) is 3.88. The largest absolute Gasteiger partial charge is 0.391 e. The summed E-state index contributed by atoms with van der Waals surface area (Å²) in [6.07, 6.45) is -0.439. The molecule has 1 aliphatic heterocycles. The van der Waals surface area contributed by atoms with Crippen molar-refractivity contribution >= 4 is 5.69 Å². The number of hydrogen-bond donors (Lipinski definition) is 3. The topological polar surface area (TPSA) is 58.3 Å². The van der Waals surface area contributed by atoms with Gasteiger partial charge in [0.05, 0.1) is 6.10 Å². The van der Waals surface area contributed by atoms with Gasteiger partial charge in [-0.3, -0.25) is 0 Å². The molecule has 2 unspecified atom stereocenters. The molecule has 4 N–H and O–H groups in total. The van der Waals surface area contributed by atoms with Crippen LogP contribution in [0.5, 0.6) is 0 Å². The van der Waals surface area contributed by atoms with Crippen LogP contribution in [0.25, 0.3) is 0 Å². The van der Waals surface area contributed by atoms with Crippen molar-refractivity contribution in [1.29, 1.82) is 0 Å². The van der Waals surface area contributed by atoms with Gasteiger partial charge in [-0.15, -0.1) is 0 Å². The SMILES string of the molecule is Cc1ccc2c(c1)C(C(O)CN)CN2. The maximum Gasteiger partial charge on any atom is 0.0748 e. The van der Waals surface area contributed by atoms with Gasteiger partial charge in [0.15, 0.2) is 0 Å². The number of nitrogens with one attached hydrogen (secondary N) is 1. The van der Waals surface area contributed by atoms with Crippen LogP contribution < -0.4 is 11.1 Å². The Morgan fingerprint density at radius 1 is 1.64 bits per heavy atom. The Labute approximate surface area is 83.9 Å². The number of aryl methyl sites for hydroxylation is 1. The molecule has 76 valence electrons. The number of aliphatic hydroxyl groups excluding tert-OH is 1. The average molecular weight is 192 g/mol. The van der Waals surface area contributed by atoms with Gasteiger partial charge in [0, 0.05) is 24.7 Å². The molecule has 0 amide bonds. The highest BCUT2D eigenvalue weighted by Gasteiger charge is 2.27. The molecule has 0 radical (unpaired) electrons. The zero-order chi connectivity index (χ0) is 10.1. The van der Waals surface area contributed by atoms with Crippen LogP contribution in [-0.2, 0) is 0 Å². The van der Waals surface area contributed by atoms with Crippen LogP contribution in [0.2, 0.25) is 0 Å². The Morgan fingerprint density at radius 2 is 2.43 bits per heavy atom. The summed E-state index contributed by atoms with van der Waals surface area (Å²) in [6.45, 7) is 3.17. The Morgan fingerprint density at radius 3 is 3.14 bits per heavy atom. The van der Waals surface area contributed by atoms with Crippen molar-refractivity contribution in [3.8, 4) is 0 Å². The third-order valence-corrected chi connectivity index (χ3v) is 2.82. The van der Waals surface area contributed by atoms with E-state index in [1.807, 2.05) is 0 Å². The number of benzene rings is 1. The van der Waals surface area contributed by atoms with Crippen molar-refractivity contribution in [2.45, 2.75) is 18.9 Å². The fourth-order valence-electron chi connectivity index (χ4n) is 1.99. The smallest absolute Gasteiger partial charge is 0.0748 e. The molecule has 2 rings (SSSR count). The molecule has 0 spiro atoms. The molecule has 0 aliphatic carbocycles. The first-order chi connectivity index (χ1) is 6.72. The predicted molar refractivity (Wildman–Crippen MR) is 57.5 cm³/mol. The lowest BCUT2D eigenvalue weighted by Crippen LogP contribution is -2.28. The van der Waals surface area contributed by atoms with Gasteiger partial charge in [0.2, 0.25) is 0 Å². The Bertz CT molecular complexity index is 338. The molecule has 3 nitrogen and oxygen atoms in total. The van der Waals surface area contributed by atoms with Crippen molar-refractivity contribution in [3.63, 3.8) is 0 Å². The number of fused-ring (bicyclic) bond motifs is 1. The zero-order valence-corrected chi connectivity index (χ0v) is 8.33. The third kappa shape index (κ3) is 1.49. The van der Waals surface area contributed by atoms with E-state index in [0.717, 1.165) is 12.2 Å². The summed E-state index contributed by atoms with van der Waals surface area (Å²) in [6, 6.07) is 6.26. The number of aliphatic hydroxyl groups is 1. The molecule has 14 heavy (non-hydrogen) atoms. The minimum Gasteiger partial charge on any atom is -0.391 e. The van der Waals surface area contributed by atoms with E-state index in [-0.39, 0.29) is 5.92 Å². The second-order valence-corrected chi connectivity index (χ2v) is 3.88. The van der Waals surface area contributed by atoms with Crippen molar-refractivity contribution in [2.24, 2.45) is 5.73 Å². The van der Waals surface area contributed by atoms with Crippen LogP contribution in [0.15, 0.2) is 18.2 Å².